The quantitative estimate of drug-likeness (QED) is 0.475. The molecule has 4 aromatic rings. The molecule has 1 amide bonds. The van der Waals surface area contributed by atoms with Crippen LogP contribution in [0.4, 0.5) is 23.5 Å². The predicted octanol–water partition coefficient (Wildman–Crippen LogP) is 3.74. The molecule has 0 atom stereocenters. The van der Waals surface area contributed by atoms with Crippen LogP contribution in [0.25, 0.3) is 5.65 Å². The lowest BCUT2D eigenvalue weighted by Crippen LogP contribution is -2.16. The number of aryl methyl sites for hydroxylation is 1. The molecule has 0 aliphatic carbocycles. The molecule has 31 heavy (non-hydrogen) atoms. The van der Waals surface area contributed by atoms with E-state index in [9.17, 15) is 22.4 Å². The molecular weight excluding hydrogens is 442 g/mol. The molecule has 3 heterocycles. The summed E-state index contributed by atoms with van der Waals surface area (Å²) in [5, 5.41) is 9.75. The molecule has 4 rings (SSSR count). The summed E-state index contributed by atoms with van der Waals surface area (Å²) in [6.45, 7) is 1.63. The summed E-state index contributed by atoms with van der Waals surface area (Å²) in [5.41, 5.74) is -1.06. The van der Waals surface area contributed by atoms with Gasteiger partial charge in [-0.05, 0) is 30.7 Å². The second kappa shape index (κ2) is 7.61. The molecule has 0 spiro atoms. The van der Waals surface area contributed by atoms with E-state index in [0.29, 0.717) is 4.52 Å². The van der Waals surface area contributed by atoms with Crippen LogP contribution in [0.1, 0.15) is 27.4 Å². The topological polar surface area (TPSA) is 90.0 Å². The maximum Gasteiger partial charge on any atom is 0.433 e. The highest BCUT2D eigenvalue weighted by molar-refractivity contribution is 6.37. The second-order valence-electron chi connectivity index (χ2n) is 6.52. The molecule has 1 aromatic carbocycles. The molecule has 0 aliphatic heterocycles. The number of rotatable bonds is 4. The molecule has 0 radical (unpaired) electrons. The van der Waals surface area contributed by atoms with Crippen LogP contribution in [0, 0.1) is 12.7 Å². The van der Waals surface area contributed by atoms with Crippen molar-refractivity contribution in [3.63, 3.8) is 0 Å². The minimum absolute atomic E-state index is 0.0646. The van der Waals surface area contributed by atoms with Crippen LogP contribution < -0.4 is 5.32 Å². The average molecular weight is 454 g/mol. The van der Waals surface area contributed by atoms with Gasteiger partial charge in [0, 0.05) is 5.69 Å². The van der Waals surface area contributed by atoms with Crippen LogP contribution in [-0.2, 0) is 12.7 Å². The van der Waals surface area contributed by atoms with Crippen molar-refractivity contribution in [1.29, 1.82) is 0 Å². The van der Waals surface area contributed by atoms with Gasteiger partial charge in [-0.15, -0.1) is 5.10 Å². The monoisotopic (exact) mass is 453 g/mol. The summed E-state index contributed by atoms with van der Waals surface area (Å²) in [7, 11) is 0. The van der Waals surface area contributed by atoms with E-state index < -0.39 is 23.5 Å². The summed E-state index contributed by atoms with van der Waals surface area (Å²) in [4.78, 5) is 20.4. The molecule has 1 N–H and O–H groups in total. The number of hydrogen-bond acceptors (Lipinski definition) is 5. The third kappa shape index (κ3) is 4.19. The van der Waals surface area contributed by atoms with E-state index in [-0.39, 0.29) is 34.7 Å². The van der Waals surface area contributed by atoms with Gasteiger partial charge in [0.05, 0.1) is 6.54 Å². The largest absolute Gasteiger partial charge is 0.433 e. The predicted molar refractivity (Wildman–Crippen MR) is 101 cm³/mol. The van der Waals surface area contributed by atoms with Crippen LogP contribution in [0.5, 0.6) is 0 Å². The van der Waals surface area contributed by atoms with E-state index in [1.165, 1.54) is 30.1 Å². The highest BCUT2D eigenvalue weighted by Crippen LogP contribution is 2.32. The number of aromatic nitrogens is 6. The van der Waals surface area contributed by atoms with Crippen LogP contribution in [0.2, 0.25) is 5.02 Å². The Morgan fingerprint density at radius 1 is 1.19 bits per heavy atom. The molecule has 3 aromatic heterocycles. The Balaban J connectivity index is 1.58. The summed E-state index contributed by atoms with van der Waals surface area (Å²) in [5.74, 6) is -1.39. The Bertz CT molecular complexity index is 1280. The Morgan fingerprint density at radius 2 is 1.90 bits per heavy atom. The summed E-state index contributed by atoms with van der Waals surface area (Å²) < 4.78 is 54.8. The van der Waals surface area contributed by atoms with Crippen molar-refractivity contribution in [3.8, 4) is 0 Å². The van der Waals surface area contributed by atoms with Crippen molar-refractivity contribution in [1.82, 2.24) is 29.4 Å². The van der Waals surface area contributed by atoms with Gasteiger partial charge in [0.2, 0.25) is 5.95 Å². The van der Waals surface area contributed by atoms with Gasteiger partial charge in [-0.3, -0.25) is 10.1 Å². The second-order valence-corrected chi connectivity index (χ2v) is 6.90. The normalized spacial score (nSPS) is 11.8. The highest BCUT2D eigenvalue weighted by atomic mass is 35.5. The lowest BCUT2D eigenvalue weighted by molar-refractivity contribution is -0.142. The van der Waals surface area contributed by atoms with Crippen molar-refractivity contribution in [2.45, 2.75) is 19.6 Å². The molecule has 0 unspecified atom stereocenters. The number of carbonyl (C=O) groups is 1. The lowest BCUT2D eigenvalue weighted by atomic mass is 10.2. The zero-order valence-electron chi connectivity index (χ0n) is 15.7. The number of nitrogens with one attached hydrogen (secondary N) is 1. The van der Waals surface area contributed by atoms with Crippen LogP contribution >= 0.6 is 11.6 Å². The maximum atomic E-state index is 13.3. The van der Waals surface area contributed by atoms with E-state index in [2.05, 4.69) is 25.5 Å². The number of fused-ring (bicyclic) bond motifs is 1. The van der Waals surface area contributed by atoms with Gasteiger partial charge in [0.25, 0.3) is 5.91 Å². The van der Waals surface area contributed by atoms with Gasteiger partial charge >= 0.3 is 6.18 Å². The zero-order valence-corrected chi connectivity index (χ0v) is 16.4. The van der Waals surface area contributed by atoms with Crippen molar-refractivity contribution < 1.29 is 22.4 Å². The minimum Gasteiger partial charge on any atom is -0.288 e. The maximum absolute atomic E-state index is 13.3. The zero-order chi connectivity index (χ0) is 22.3. The Morgan fingerprint density at radius 3 is 2.58 bits per heavy atom. The van der Waals surface area contributed by atoms with Crippen molar-refractivity contribution in [3.05, 3.63) is 70.1 Å². The smallest absolute Gasteiger partial charge is 0.288 e. The first-order valence-electron chi connectivity index (χ1n) is 8.70. The van der Waals surface area contributed by atoms with Gasteiger partial charge in [-0.1, -0.05) is 23.7 Å². The molecule has 0 saturated heterocycles. The van der Waals surface area contributed by atoms with Gasteiger partial charge in [0.15, 0.2) is 11.3 Å². The minimum atomic E-state index is -4.73. The van der Waals surface area contributed by atoms with Crippen molar-refractivity contribution >= 4 is 29.1 Å². The van der Waals surface area contributed by atoms with Crippen molar-refractivity contribution in [2.75, 3.05) is 5.32 Å². The molecular formula is C18H12ClF4N7O. The number of benzene rings is 1. The number of alkyl halides is 3. The van der Waals surface area contributed by atoms with E-state index in [4.69, 9.17) is 11.6 Å². The van der Waals surface area contributed by atoms with Gasteiger partial charge in [-0.25, -0.2) is 23.6 Å². The first kappa shape index (κ1) is 20.7. The standard InChI is InChI=1S/C18H12ClF4N7O/c1-9-6-12(18(21,22)23)30-15(25-9)13(19)14(27-30)16(31)26-17-24-8-29(28-17)7-10-2-4-11(20)5-3-10/h2-6,8H,7H2,1H3,(H,26,28,31). The third-order valence-corrected chi connectivity index (χ3v) is 4.53. The first-order chi connectivity index (χ1) is 14.6. The number of halogens is 5. The van der Waals surface area contributed by atoms with Gasteiger partial charge in [0.1, 0.15) is 22.9 Å². The molecule has 0 bridgehead atoms. The molecule has 160 valence electrons. The molecule has 0 fully saturated rings. The number of carbonyl (C=O) groups excluding carboxylic acids is 1. The fourth-order valence-corrected chi connectivity index (χ4v) is 3.07. The molecule has 0 aliphatic rings. The van der Waals surface area contributed by atoms with Crippen LogP contribution in [0.3, 0.4) is 0 Å². The fraction of sp³-hybridized carbons (Fsp3) is 0.167. The Hall–Kier alpha value is -3.54. The average Bonchev–Trinajstić information content (AvgIpc) is 3.27. The van der Waals surface area contributed by atoms with Crippen LogP contribution in [-0.4, -0.2) is 35.3 Å². The number of amides is 1. The number of hydrogen-bond donors (Lipinski definition) is 1. The summed E-state index contributed by atoms with van der Waals surface area (Å²) in [6.07, 6.45) is -3.40. The van der Waals surface area contributed by atoms with Gasteiger partial charge < -0.3 is 0 Å². The van der Waals surface area contributed by atoms with E-state index in [1.54, 1.807) is 12.1 Å². The van der Waals surface area contributed by atoms with E-state index in [1.807, 2.05) is 0 Å². The van der Waals surface area contributed by atoms with E-state index >= 15 is 0 Å². The lowest BCUT2D eigenvalue weighted by Gasteiger charge is -2.09. The SMILES string of the molecule is Cc1cc(C(F)(F)F)n2nc(C(=O)Nc3ncn(Cc4ccc(F)cc4)n3)c(Cl)c2n1. The fourth-order valence-electron chi connectivity index (χ4n) is 2.83. The first-order valence-corrected chi connectivity index (χ1v) is 9.08. The highest BCUT2D eigenvalue weighted by Gasteiger charge is 2.36. The Kier molecular flexibility index (Phi) is 5.09. The summed E-state index contributed by atoms with van der Waals surface area (Å²) in [6, 6.07) is 6.53. The molecule has 8 nitrogen and oxygen atoms in total. The molecule has 0 saturated carbocycles. The Labute approximate surface area is 176 Å². The molecule has 13 heteroatoms. The summed E-state index contributed by atoms with van der Waals surface area (Å²) >= 11 is 6.09. The van der Waals surface area contributed by atoms with Crippen molar-refractivity contribution in [2.24, 2.45) is 0 Å². The van der Waals surface area contributed by atoms with E-state index in [0.717, 1.165) is 11.6 Å². The van der Waals surface area contributed by atoms with Crippen LogP contribution in [0.15, 0.2) is 36.7 Å². The number of anilines is 1. The van der Waals surface area contributed by atoms with Gasteiger partial charge in [-0.2, -0.15) is 18.3 Å². The third-order valence-electron chi connectivity index (χ3n) is 4.19. The number of nitrogens with zero attached hydrogens (tertiary/aromatic N) is 6.